The first-order valence-electron chi connectivity index (χ1n) is 5.13. The Morgan fingerprint density at radius 3 is 2.88 bits per heavy atom. The lowest BCUT2D eigenvalue weighted by Gasteiger charge is -2.15. The molecule has 0 aliphatic heterocycles. The van der Waals surface area contributed by atoms with E-state index < -0.39 is 17.8 Å². The molecule has 6 heteroatoms. The number of carbonyl (C=O) groups is 1. The molecule has 1 atom stereocenters. The molecule has 1 rings (SSSR count). The highest BCUT2D eigenvalue weighted by molar-refractivity contribution is 6.31. The fourth-order valence-electron chi connectivity index (χ4n) is 1.25. The largest absolute Gasteiger partial charge is 0.464 e. The van der Waals surface area contributed by atoms with Crippen LogP contribution in [0.15, 0.2) is 12.1 Å². The molecule has 0 radical (unpaired) electrons. The average Bonchev–Trinajstić information content (AvgIpc) is 2.26. The van der Waals surface area contributed by atoms with Crippen LogP contribution in [0.3, 0.4) is 0 Å². The van der Waals surface area contributed by atoms with Crippen LogP contribution >= 0.6 is 11.6 Å². The Bertz CT molecular complexity index is 426. The monoisotopic (exact) mass is 260 g/mol. The Balaban J connectivity index is 2.81. The van der Waals surface area contributed by atoms with Crippen molar-refractivity contribution in [3.05, 3.63) is 23.0 Å². The third-order valence-corrected chi connectivity index (χ3v) is 2.39. The summed E-state index contributed by atoms with van der Waals surface area (Å²) < 4.78 is 18.0. The van der Waals surface area contributed by atoms with E-state index in [4.69, 9.17) is 22.1 Å². The maximum atomic E-state index is 13.2. The van der Waals surface area contributed by atoms with Gasteiger partial charge in [-0.2, -0.15) is 0 Å². The quantitative estimate of drug-likeness (QED) is 0.645. The van der Waals surface area contributed by atoms with Gasteiger partial charge >= 0.3 is 5.97 Å². The predicted molar refractivity (Wildman–Crippen MR) is 65.5 cm³/mol. The molecule has 0 bridgehead atoms. The lowest BCUT2D eigenvalue weighted by molar-refractivity contribution is -0.143. The summed E-state index contributed by atoms with van der Waals surface area (Å²) in [6, 6.07) is 1.82. The van der Waals surface area contributed by atoms with E-state index in [-0.39, 0.29) is 17.3 Å². The SMILES string of the molecule is CCOC(=O)C(C)Nc1cc(F)c(Cl)cc1N. The van der Waals surface area contributed by atoms with Crippen molar-refractivity contribution < 1.29 is 13.9 Å². The number of halogens is 2. The second kappa shape index (κ2) is 5.72. The molecule has 0 aliphatic rings. The van der Waals surface area contributed by atoms with E-state index in [0.29, 0.717) is 5.69 Å². The van der Waals surface area contributed by atoms with Crippen molar-refractivity contribution in [2.45, 2.75) is 19.9 Å². The van der Waals surface area contributed by atoms with Gasteiger partial charge in [0.25, 0.3) is 0 Å². The Hall–Kier alpha value is -1.49. The van der Waals surface area contributed by atoms with E-state index in [0.717, 1.165) is 6.07 Å². The molecule has 0 saturated carbocycles. The van der Waals surface area contributed by atoms with Crippen LogP contribution in [0.25, 0.3) is 0 Å². The standard InChI is InChI=1S/C11H14ClFN2O2/c1-3-17-11(16)6(2)15-10-5-8(13)7(12)4-9(10)14/h4-6,15H,3,14H2,1-2H3. The summed E-state index contributed by atoms with van der Waals surface area (Å²) in [5, 5.41) is 2.71. The van der Waals surface area contributed by atoms with Crippen LogP contribution in [0.4, 0.5) is 15.8 Å². The molecular formula is C11H14ClFN2O2. The minimum Gasteiger partial charge on any atom is -0.464 e. The normalized spacial score (nSPS) is 12.0. The van der Waals surface area contributed by atoms with Crippen LogP contribution in [0, 0.1) is 5.82 Å². The molecule has 4 nitrogen and oxygen atoms in total. The summed E-state index contributed by atoms with van der Waals surface area (Å²) in [6.07, 6.45) is 0. The number of nitrogen functional groups attached to an aromatic ring is 1. The molecule has 0 fully saturated rings. The average molecular weight is 261 g/mol. The second-order valence-corrected chi connectivity index (χ2v) is 3.88. The minimum absolute atomic E-state index is 0.0585. The lowest BCUT2D eigenvalue weighted by atomic mass is 10.2. The number of hydrogen-bond donors (Lipinski definition) is 2. The van der Waals surface area contributed by atoms with Gasteiger partial charge < -0.3 is 15.8 Å². The number of anilines is 2. The Kier molecular flexibility index (Phi) is 4.57. The van der Waals surface area contributed by atoms with Crippen molar-refractivity contribution in [2.24, 2.45) is 0 Å². The molecule has 94 valence electrons. The molecule has 0 saturated heterocycles. The van der Waals surface area contributed by atoms with E-state index in [1.165, 1.54) is 6.07 Å². The number of esters is 1. The van der Waals surface area contributed by atoms with E-state index in [1.807, 2.05) is 0 Å². The van der Waals surface area contributed by atoms with Crippen LogP contribution < -0.4 is 11.1 Å². The number of carbonyl (C=O) groups excluding carboxylic acids is 1. The summed E-state index contributed by atoms with van der Waals surface area (Å²) in [6.45, 7) is 3.60. The molecule has 1 aromatic rings. The highest BCUT2D eigenvalue weighted by Gasteiger charge is 2.15. The molecule has 0 spiro atoms. The van der Waals surface area contributed by atoms with Crippen LogP contribution in [0.1, 0.15) is 13.8 Å². The van der Waals surface area contributed by atoms with E-state index in [1.54, 1.807) is 13.8 Å². The third-order valence-electron chi connectivity index (χ3n) is 2.10. The van der Waals surface area contributed by atoms with Crippen molar-refractivity contribution in [3.63, 3.8) is 0 Å². The molecule has 1 unspecified atom stereocenters. The summed E-state index contributed by atoms with van der Waals surface area (Å²) in [7, 11) is 0. The third kappa shape index (κ3) is 3.49. The first-order chi connectivity index (χ1) is 7.95. The molecule has 17 heavy (non-hydrogen) atoms. The predicted octanol–water partition coefficient (Wildman–Crippen LogP) is 2.42. The molecule has 0 amide bonds. The zero-order valence-corrected chi connectivity index (χ0v) is 10.3. The van der Waals surface area contributed by atoms with Crippen LogP contribution in [-0.4, -0.2) is 18.6 Å². The number of nitrogens with one attached hydrogen (secondary N) is 1. The first-order valence-corrected chi connectivity index (χ1v) is 5.51. The topological polar surface area (TPSA) is 64.3 Å². The summed E-state index contributed by atoms with van der Waals surface area (Å²) in [4.78, 5) is 11.4. The summed E-state index contributed by atoms with van der Waals surface area (Å²) in [5.41, 5.74) is 6.23. The Morgan fingerprint density at radius 2 is 2.29 bits per heavy atom. The summed E-state index contributed by atoms with van der Waals surface area (Å²) in [5.74, 6) is -1.03. The van der Waals surface area contributed by atoms with Gasteiger partial charge in [0.2, 0.25) is 0 Å². The van der Waals surface area contributed by atoms with Crippen molar-refractivity contribution in [3.8, 4) is 0 Å². The molecule has 3 N–H and O–H groups in total. The van der Waals surface area contributed by atoms with Gasteiger partial charge in [0.1, 0.15) is 11.9 Å². The van der Waals surface area contributed by atoms with Gasteiger partial charge in [0, 0.05) is 6.07 Å². The van der Waals surface area contributed by atoms with E-state index in [2.05, 4.69) is 5.32 Å². The van der Waals surface area contributed by atoms with Crippen LogP contribution in [-0.2, 0) is 9.53 Å². The maximum absolute atomic E-state index is 13.2. The molecule has 0 aromatic heterocycles. The fourth-order valence-corrected chi connectivity index (χ4v) is 1.42. The van der Waals surface area contributed by atoms with Crippen LogP contribution in [0.2, 0.25) is 5.02 Å². The van der Waals surface area contributed by atoms with Crippen LogP contribution in [0.5, 0.6) is 0 Å². The Morgan fingerprint density at radius 1 is 1.65 bits per heavy atom. The van der Waals surface area contributed by atoms with Gasteiger partial charge in [0.05, 0.1) is 23.0 Å². The Labute approximate surface area is 104 Å². The molecular weight excluding hydrogens is 247 g/mol. The molecule has 1 aromatic carbocycles. The lowest BCUT2D eigenvalue weighted by Crippen LogP contribution is -2.28. The number of hydrogen-bond acceptors (Lipinski definition) is 4. The summed E-state index contributed by atoms with van der Waals surface area (Å²) >= 11 is 5.56. The van der Waals surface area contributed by atoms with Crippen molar-refractivity contribution >= 4 is 28.9 Å². The zero-order valence-electron chi connectivity index (χ0n) is 9.59. The van der Waals surface area contributed by atoms with Gasteiger partial charge in [-0.3, -0.25) is 0 Å². The number of benzene rings is 1. The molecule has 0 aliphatic carbocycles. The highest BCUT2D eigenvalue weighted by Crippen LogP contribution is 2.26. The molecule has 0 heterocycles. The van der Waals surface area contributed by atoms with Gasteiger partial charge in [-0.25, -0.2) is 9.18 Å². The van der Waals surface area contributed by atoms with Gasteiger partial charge in [0.15, 0.2) is 0 Å². The number of nitrogens with two attached hydrogens (primary N) is 1. The minimum atomic E-state index is -0.613. The first kappa shape index (κ1) is 13.6. The smallest absolute Gasteiger partial charge is 0.328 e. The second-order valence-electron chi connectivity index (χ2n) is 3.47. The van der Waals surface area contributed by atoms with Crippen molar-refractivity contribution in [2.75, 3.05) is 17.7 Å². The van der Waals surface area contributed by atoms with E-state index in [9.17, 15) is 9.18 Å². The zero-order chi connectivity index (χ0) is 13.0. The van der Waals surface area contributed by atoms with Crippen molar-refractivity contribution in [1.82, 2.24) is 0 Å². The number of rotatable bonds is 4. The fraction of sp³-hybridized carbons (Fsp3) is 0.364. The number of ether oxygens (including phenoxy) is 1. The van der Waals surface area contributed by atoms with Gasteiger partial charge in [-0.15, -0.1) is 0 Å². The van der Waals surface area contributed by atoms with Gasteiger partial charge in [-0.1, -0.05) is 11.6 Å². The van der Waals surface area contributed by atoms with Crippen molar-refractivity contribution in [1.29, 1.82) is 0 Å². The van der Waals surface area contributed by atoms with Gasteiger partial charge in [-0.05, 0) is 19.9 Å². The maximum Gasteiger partial charge on any atom is 0.328 e. The van der Waals surface area contributed by atoms with E-state index >= 15 is 0 Å². The highest BCUT2D eigenvalue weighted by atomic mass is 35.5.